The van der Waals surface area contributed by atoms with Crippen LogP contribution < -0.4 is 46.3 Å². The smallest absolute Gasteiger partial charge is 0.289 e. The molecule has 9 aromatic rings. The number of hydrogen-bond acceptors (Lipinski definition) is 14. The van der Waals surface area contributed by atoms with Crippen LogP contribution in [0, 0.1) is 20.2 Å². The van der Waals surface area contributed by atoms with E-state index >= 15 is 0 Å². The average Bonchev–Trinajstić information content (AvgIpc) is 0.757. The zero-order valence-corrected chi connectivity index (χ0v) is 66.7. The summed E-state index contributed by atoms with van der Waals surface area (Å²) in [5, 5.41) is 28.9. The molecule has 25 heteroatoms. The Morgan fingerprint density at radius 3 is 0.824 bits per heavy atom. The number of anilines is 1. The topological polar surface area (TPSA) is 266 Å². The fraction of sp³-hybridized carbons (Fsp3) is 0.299. The molecule has 0 bridgehead atoms. The first-order chi connectivity index (χ1) is 47.4. The Morgan fingerprint density at radius 1 is 0.363 bits per heavy atom. The lowest BCUT2D eigenvalue weighted by atomic mass is 10.1. The quantitative estimate of drug-likeness (QED) is 0.0187. The van der Waals surface area contributed by atoms with Crippen LogP contribution in [-0.2, 0) is 62.2 Å². The highest BCUT2D eigenvalue weighted by molar-refractivity contribution is 8.13. The lowest BCUT2D eigenvalue weighted by Crippen LogP contribution is -2.66. The number of halogens is 1. The van der Waals surface area contributed by atoms with Gasteiger partial charge in [-0.05, 0) is 141 Å². The molecule has 0 heterocycles. The van der Waals surface area contributed by atoms with Crippen LogP contribution in [0.25, 0.3) is 0 Å². The summed E-state index contributed by atoms with van der Waals surface area (Å²) >= 11 is 0. The Hall–Kier alpha value is -7.83. The van der Waals surface area contributed by atoms with E-state index in [-0.39, 0.29) is 50.4 Å². The van der Waals surface area contributed by atoms with Crippen LogP contribution in [0.5, 0.6) is 0 Å². The summed E-state index contributed by atoms with van der Waals surface area (Å²) in [7, 11) is -15.2. The molecule has 0 amide bonds. The molecule has 0 aliphatic heterocycles. The normalized spacial score (nSPS) is 12.9. The standard InChI is InChI=1S/C27H34N2O5SSi.C27H36N2O3SSi.C23H24ClNO5SSi/c1-26(2,3)28-35(32,33)25-19-21(17-18-24(25)29(30)31)20-34-36(27(4,5)6,22-13-9-7-10-14-22)23-15-11-8-12-16-23;1-26(2,3)29-33(30,31)25-19-21(17-18-24(25)28)20-32-34(27(4,5)6,22-13-9-7-10-14-22)23-15-11-8-12-16-23;1-23(2,3)32(19-10-6-4-7-11-19,20-12-8-5-9-13-20)30-17-18-14-15-21(25(26)27)22(16-18)31(24,28)29/h7-19,28H,20H2,1-6H3;7-19,29H,20,28H2,1-6H3;4-16H,17H2,1-3H3. The minimum atomic E-state index is -4.30. The molecule has 0 aromatic heterocycles. The summed E-state index contributed by atoms with van der Waals surface area (Å²) in [6, 6.07) is 74.0. The van der Waals surface area contributed by atoms with E-state index in [1.165, 1.54) is 34.6 Å². The number of nitro groups is 2. The first-order valence-corrected chi connectivity index (χ1v) is 44.1. The summed E-state index contributed by atoms with van der Waals surface area (Å²) in [4.78, 5) is 20.6. The van der Waals surface area contributed by atoms with Crippen LogP contribution in [0.2, 0.25) is 15.1 Å². The van der Waals surface area contributed by atoms with E-state index in [4.69, 9.17) is 29.7 Å². The van der Waals surface area contributed by atoms with Crippen LogP contribution in [0.15, 0.2) is 251 Å². The minimum absolute atomic E-state index is 0.0741. The Kier molecular flexibility index (Phi) is 25.9. The summed E-state index contributed by atoms with van der Waals surface area (Å²) < 4.78 is 102. The highest BCUT2D eigenvalue weighted by atomic mass is 35.7. The number of nitrogens with zero attached hydrogens (tertiary/aromatic N) is 2. The van der Waals surface area contributed by atoms with Crippen LogP contribution >= 0.6 is 10.7 Å². The van der Waals surface area contributed by atoms with Crippen molar-refractivity contribution in [1.29, 1.82) is 0 Å². The van der Waals surface area contributed by atoms with Gasteiger partial charge in [0.15, 0.2) is 9.79 Å². The molecule has 0 radical (unpaired) electrons. The minimum Gasteiger partial charge on any atom is -0.403 e. The number of nitrogens with one attached hydrogen (secondary N) is 2. The van der Waals surface area contributed by atoms with Crippen LogP contribution in [-0.4, -0.2) is 71.1 Å². The van der Waals surface area contributed by atoms with E-state index in [1.54, 1.807) is 59.7 Å². The van der Waals surface area contributed by atoms with Gasteiger partial charge in [-0.15, -0.1) is 0 Å². The first-order valence-electron chi connectivity index (χ1n) is 33.1. The Morgan fingerprint density at radius 2 is 0.588 bits per heavy atom. The highest BCUT2D eigenvalue weighted by Crippen LogP contribution is 2.41. The highest BCUT2D eigenvalue weighted by Gasteiger charge is 2.53. The van der Waals surface area contributed by atoms with Crippen molar-refractivity contribution in [2.24, 2.45) is 0 Å². The average molecular weight is 1510 g/mol. The maximum Gasteiger partial charge on any atom is 0.289 e. The molecule has 0 aliphatic carbocycles. The van der Waals surface area contributed by atoms with E-state index in [1.807, 2.05) is 115 Å². The fourth-order valence-corrected chi connectivity index (χ4v) is 30.6. The van der Waals surface area contributed by atoms with Crippen molar-refractivity contribution < 1.29 is 48.4 Å². The lowest BCUT2D eigenvalue weighted by Gasteiger charge is -2.43. The van der Waals surface area contributed by atoms with Gasteiger partial charge < -0.3 is 19.0 Å². The van der Waals surface area contributed by atoms with Gasteiger partial charge in [-0.1, -0.05) is 250 Å². The van der Waals surface area contributed by atoms with E-state index < -0.39 is 91.2 Å². The molecular formula is C77H94ClN5O13S3Si3. The van der Waals surface area contributed by atoms with Gasteiger partial charge in [0.1, 0.15) is 4.90 Å². The summed E-state index contributed by atoms with van der Waals surface area (Å²) in [5.41, 5.74) is 5.64. The summed E-state index contributed by atoms with van der Waals surface area (Å²) in [6.45, 7) is 30.4. The zero-order chi connectivity index (χ0) is 75.5. The van der Waals surface area contributed by atoms with Crippen molar-refractivity contribution in [2.45, 2.75) is 165 Å². The molecule has 4 N–H and O–H groups in total. The monoisotopic (exact) mass is 1510 g/mol. The number of nitro benzene ring substituents is 2. The van der Waals surface area contributed by atoms with Gasteiger partial charge in [0, 0.05) is 33.9 Å². The van der Waals surface area contributed by atoms with E-state index in [9.17, 15) is 45.5 Å². The van der Waals surface area contributed by atoms with Crippen LogP contribution in [0.4, 0.5) is 17.1 Å². The lowest BCUT2D eigenvalue weighted by molar-refractivity contribution is -0.388. The first kappa shape index (κ1) is 81.5. The third-order valence-electron chi connectivity index (χ3n) is 16.9. The number of nitrogens with two attached hydrogens (primary N) is 1. The van der Waals surface area contributed by atoms with Crippen molar-refractivity contribution in [2.75, 3.05) is 5.73 Å². The number of hydrogen-bond donors (Lipinski definition) is 3. The van der Waals surface area contributed by atoms with Gasteiger partial charge in [-0.2, -0.15) is 0 Å². The van der Waals surface area contributed by atoms with E-state index in [0.29, 0.717) is 11.1 Å². The molecule has 9 aromatic carbocycles. The zero-order valence-electron chi connectivity index (χ0n) is 60.5. The Balaban J connectivity index is 0.000000215. The second-order valence-corrected chi connectivity index (χ2v) is 48.7. The van der Waals surface area contributed by atoms with E-state index in [2.05, 4.69) is 145 Å². The van der Waals surface area contributed by atoms with Crippen molar-refractivity contribution in [3.05, 3.63) is 274 Å². The molecule has 102 heavy (non-hydrogen) atoms. The Labute approximate surface area is 610 Å². The SMILES string of the molecule is CC(C)(C)NS(=O)(=O)c1cc(CO[Si](c2ccccc2)(c2ccccc2)C(C)(C)C)ccc1N.CC(C)(C)NS(=O)(=O)c1cc(CO[Si](c2ccccc2)(c2ccccc2)C(C)(C)C)ccc1[N+](=O)[O-].CC(C)(C)[Si](OCc1ccc([N+](=O)[O-])c(S(=O)(=O)Cl)c1)(c1ccccc1)c1ccccc1. The number of benzene rings is 9. The Bertz CT molecular complexity index is 4580. The molecule has 18 nitrogen and oxygen atoms in total. The van der Waals surface area contributed by atoms with Gasteiger partial charge in [0.25, 0.3) is 45.4 Å². The van der Waals surface area contributed by atoms with Gasteiger partial charge >= 0.3 is 0 Å². The number of nitrogen functional groups attached to an aromatic ring is 1. The molecule has 0 spiro atoms. The maximum absolute atomic E-state index is 13.1. The van der Waals surface area contributed by atoms with Crippen molar-refractivity contribution in [3.8, 4) is 0 Å². The second-order valence-electron chi connectivity index (χ2n) is 30.0. The summed E-state index contributed by atoms with van der Waals surface area (Å²) in [5.74, 6) is 0. The molecule has 542 valence electrons. The predicted molar refractivity (Wildman–Crippen MR) is 417 cm³/mol. The molecular weight excluding hydrogens is 1420 g/mol. The second kappa shape index (κ2) is 32.5. The third-order valence-corrected chi connectivity index (χ3v) is 36.8. The molecule has 0 aliphatic rings. The molecule has 0 fully saturated rings. The van der Waals surface area contributed by atoms with Crippen molar-refractivity contribution in [1.82, 2.24) is 9.44 Å². The predicted octanol–water partition coefficient (Wildman–Crippen LogP) is 13.8. The van der Waals surface area contributed by atoms with Crippen molar-refractivity contribution >= 4 is 113 Å². The number of sulfonamides is 2. The number of rotatable bonds is 22. The van der Waals surface area contributed by atoms with Gasteiger partial charge in [-0.3, -0.25) is 20.2 Å². The van der Waals surface area contributed by atoms with Crippen LogP contribution in [0.1, 0.15) is 121 Å². The molecule has 0 saturated carbocycles. The van der Waals surface area contributed by atoms with Gasteiger partial charge in [-0.25, -0.2) is 34.7 Å². The van der Waals surface area contributed by atoms with Gasteiger partial charge in [0.2, 0.25) is 20.0 Å². The largest absolute Gasteiger partial charge is 0.403 e. The molecule has 0 unspecified atom stereocenters. The molecule has 9 rings (SSSR count). The van der Waals surface area contributed by atoms with Gasteiger partial charge in [0.05, 0.1) is 35.4 Å². The molecule has 0 atom stereocenters. The van der Waals surface area contributed by atoms with Crippen molar-refractivity contribution in [3.63, 3.8) is 0 Å². The summed E-state index contributed by atoms with van der Waals surface area (Å²) in [6.07, 6.45) is 0. The molecule has 0 saturated heterocycles. The van der Waals surface area contributed by atoms with Crippen LogP contribution in [0.3, 0.4) is 0 Å². The maximum atomic E-state index is 13.1. The fourth-order valence-electron chi connectivity index (χ4n) is 12.7. The third kappa shape index (κ3) is 19.5. The van der Waals surface area contributed by atoms with E-state index in [0.717, 1.165) is 32.4 Å².